The number of anilines is 1. The number of hydrogen-bond acceptors (Lipinski definition) is 5. The van der Waals surface area contributed by atoms with E-state index in [0.29, 0.717) is 5.69 Å². The van der Waals surface area contributed by atoms with Crippen LogP contribution < -0.4 is 11.3 Å². The van der Waals surface area contributed by atoms with E-state index >= 15 is 0 Å². The number of phenolic OH excluding ortho intramolecular Hbond substituents is 1. The molecule has 0 aliphatic rings. The van der Waals surface area contributed by atoms with E-state index in [4.69, 9.17) is 15.5 Å². The highest BCUT2D eigenvalue weighted by molar-refractivity contribution is 9.10. The molecule has 0 bridgehead atoms. The van der Waals surface area contributed by atoms with Crippen LogP contribution in [0.3, 0.4) is 0 Å². The van der Waals surface area contributed by atoms with Gasteiger partial charge in [0, 0.05) is 4.47 Å². The molecule has 0 heterocycles. The summed E-state index contributed by atoms with van der Waals surface area (Å²) in [5.41, 5.74) is 3.82. The van der Waals surface area contributed by atoms with Crippen LogP contribution in [-0.2, 0) is 10.1 Å². The second-order valence-corrected chi connectivity index (χ2v) is 6.43. The van der Waals surface area contributed by atoms with Crippen LogP contribution in [0, 0.1) is 6.92 Å². The van der Waals surface area contributed by atoms with Crippen LogP contribution in [0.1, 0.15) is 5.56 Å². The van der Waals surface area contributed by atoms with Crippen molar-refractivity contribution in [3.05, 3.63) is 52.5 Å². The average Bonchev–Trinajstić information content (AvgIpc) is 2.39. The summed E-state index contributed by atoms with van der Waals surface area (Å²) in [6.45, 7) is 1.84. The molecule has 0 aromatic heterocycles. The van der Waals surface area contributed by atoms with E-state index in [0.717, 1.165) is 10.0 Å². The molecule has 0 fully saturated rings. The van der Waals surface area contributed by atoms with E-state index in [-0.39, 0.29) is 10.6 Å². The Bertz CT molecular complexity index is 703. The molecule has 114 valence electrons. The van der Waals surface area contributed by atoms with Gasteiger partial charge in [0.2, 0.25) is 0 Å². The summed E-state index contributed by atoms with van der Waals surface area (Å²) in [6, 6.07) is 11.0. The van der Waals surface area contributed by atoms with Crippen LogP contribution in [0.15, 0.2) is 51.8 Å². The molecule has 5 N–H and O–H groups in total. The number of nitrogens with two attached hydrogens (primary N) is 1. The molecule has 0 atom stereocenters. The van der Waals surface area contributed by atoms with Crippen LogP contribution in [-0.4, -0.2) is 18.1 Å². The average molecular weight is 375 g/mol. The molecule has 0 radical (unpaired) electrons. The number of aryl methyl sites for hydroxylation is 1. The van der Waals surface area contributed by atoms with Gasteiger partial charge in [-0.25, -0.2) is 0 Å². The maximum absolute atomic E-state index is 10.5. The molecule has 2 aromatic carbocycles. The molecule has 21 heavy (non-hydrogen) atoms. The molecule has 0 aliphatic heterocycles. The number of hydrogen-bond donors (Lipinski definition) is 4. The number of benzene rings is 2. The molecule has 0 unspecified atom stereocenters. The minimum atomic E-state index is -4.02. The van der Waals surface area contributed by atoms with Gasteiger partial charge >= 0.3 is 0 Å². The van der Waals surface area contributed by atoms with Crippen molar-refractivity contribution in [1.29, 1.82) is 0 Å². The Morgan fingerprint density at radius 3 is 2.14 bits per heavy atom. The number of rotatable bonds is 2. The molecule has 0 spiro atoms. The van der Waals surface area contributed by atoms with Crippen molar-refractivity contribution in [2.45, 2.75) is 11.8 Å². The van der Waals surface area contributed by atoms with Crippen LogP contribution in [0.5, 0.6) is 5.75 Å². The van der Waals surface area contributed by atoms with E-state index in [2.05, 4.69) is 21.4 Å². The van der Waals surface area contributed by atoms with Gasteiger partial charge in [0.05, 0.1) is 10.6 Å². The summed E-state index contributed by atoms with van der Waals surface area (Å²) < 4.78 is 30.4. The lowest BCUT2D eigenvalue weighted by Crippen LogP contribution is -2.06. The topological polar surface area (TPSA) is 113 Å². The summed E-state index contributed by atoms with van der Waals surface area (Å²) in [5.74, 6) is 5.21. The summed E-state index contributed by atoms with van der Waals surface area (Å²) in [4.78, 5) is -0.0666. The van der Waals surface area contributed by atoms with Gasteiger partial charge in [0.25, 0.3) is 10.1 Å². The zero-order chi connectivity index (χ0) is 16.0. The number of halogens is 1. The van der Waals surface area contributed by atoms with Crippen LogP contribution in [0.2, 0.25) is 0 Å². The highest BCUT2D eigenvalue weighted by Gasteiger charge is 2.06. The van der Waals surface area contributed by atoms with Crippen molar-refractivity contribution >= 4 is 31.7 Å². The number of aromatic hydroxyl groups is 1. The number of hydrazine groups is 1. The smallest absolute Gasteiger partial charge is 0.294 e. The fourth-order valence-electron chi connectivity index (χ4n) is 1.34. The molecular formula is C13H15BrN2O4S. The molecule has 6 nitrogen and oxygen atoms in total. The van der Waals surface area contributed by atoms with Gasteiger partial charge in [-0.15, -0.1) is 0 Å². The molecule has 2 rings (SSSR count). The van der Waals surface area contributed by atoms with E-state index in [1.807, 2.05) is 6.92 Å². The van der Waals surface area contributed by atoms with Gasteiger partial charge < -0.3 is 10.5 Å². The number of phenols is 1. The molecule has 0 saturated carbocycles. The monoisotopic (exact) mass is 374 g/mol. The molecule has 0 saturated heterocycles. The third kappa shape index (κ3) is 5.72. The molecule has 2 aromatic rings. The van der Waals surface area contributed by atoms with Crippen molar-refractivity contribution < 1.29 is 18.1 Å². The third-order valence-corrected chi connectivity index (χ3v) is 3.80. The van der Waals surface area contributed by atoms with Crippen molar-refractivity contribution in [2.24, 2.45) is 5.84 Å². The highest BCUT2D eigenvalue weighted by atomic mass is 79.9. The van der Waals surface area contributed by atoms with Gasteiger partial charge in [-0.2, -0.15) is 8.42 Å². The first-order valence-electron chi connectivity index (χ1n) is 5.73. The maximum Gasteiger partial charge on any atom is 0.294 e. The Labute approximate surface area is 131 Å². The van der Waals surface area contributed by atoms with Crippen molar-refractivity contribution in [3.8, 4) is 5.75 Å². The minimum absolute atomic E-state index is 0.0666. The summed E-state index contributed by atoms with van der Waals surface area (Å²) in [6.07, 6.45) is 0. The van der Waals surface area contributed by atoms with E-state index in [1.54, 1.807) is 30.3 Å². The fraction of sp³-hybridized carbons (Fsp3) is 0.0769. The lowest BCUT2D eigenvalue weighted by Gasteiger charge is -2.01. The molecular weight excluding hydrogens is 360 g/mol. The normalized spacial score (nSPS) is 10.5. The standard InChI is InChI=1S/C7H8O3S.C6H7BrN2O/c1-6-2-4-7(5-3-6)11(8,9)10;7-4-1-2-5(9-8)6(10)3-4/h2-5H,1H3,(H,8,9,10);1-3,9-10H,8H2. The second kappa shape index (κ2) is 7.41. The van der Waals surface area contributed by atoms with Gasteiger partial charge in [-0.1, -0.05) is 33.6 Å². The highest BCUT2D eigenvalue weighted by Crippen LogP contribution is 2.25. The van der Waals surface area contributed by atoms with Crippen LogP contribution in [0.25, 0.3) is 0 Å². The van der Waals surface area contributed by atoms with E-state index in [1.165, 1.54) is 12.1 Å². The Hall–Kier alpha value is -1.61. The zero-order valence-corrected chi connectivity index (χ0v) is 13.5. The van der Waals surface area contributed by atoms with E-state index in [9.17, 15) is 8.42 Å². The summed E-state index contributed by atoms with van der Waals surface area (Å²) in [7, 11) is -4.02. The molecule has 0 aliphatic carbocycles. The Balaban J connectivity index is 0.000000211. The Kier molecular flexibility index (Phi) is 6.16. The summed E-state index contributed by atoms with van der Waals surface area (Å²) in [5, 5.41) is 9.12. The number of nitrogen functional groups attached to an aromatic ring is 1. The molecule has 0 amide bonds. The first-order valence-corrected chi connectivity index (χ1v) is 7.96. The van der Waals surface area contributed by atoms with Crippen molar-refractivity contribution in [2.75, 3.05) is 5.43 Å². The van der Waals surface area contributed by atoms with Gasteiger partial charge in [-0.3, -0.25) is 10.4 Å². The van der Waals surface area contributed by atoms with E-state index < -0.39 is 10.1 Å². The lowest BCUT2D eigenvalue weighted by molar-refractivity contribution is 0.477. The van der Waals surface area contributed by atoms with Crippen LogP contribution >= 0.6 is 15.9 Å². The predicted octanol–water partition coefficient (Wildman–Crippen LogP) is 2.68. The first kappa shape index (κ1) is 17.4. The van der Waals surface area contributed by atoms with Gasteiger partial charge in [0.15, 0.2) is 0 Å². The van der Waals surface area contributed by atoms with Crippen molar-refractivity contribution in [1.82, 2.24) is 0 Å². The lowest BCUT2D eigenvalue weighted by atomic mass is 10.2. The number of nitrogens with one attached hydrogen (secondary N) is 1. The maximum atomic E-state index is 10.5. The third-order valence-electron chi connectivity index (χ3n) is 2.43. The van der Waals surface area contributed by atoms with Crippen LogP contribution in [0.4, 0.5) is 5.69 Å². The predicted molar refractivity (Wildman–Crippen MR) is 84.6 cm³/mol. The van der Waals surface area contributed by atoms with Gasteiger partial charge in [0.1, 0.15) is 5.75 Å². The Morgan fingerprint density at radius 1 is 1.14 bits per heavy atom. The minimum Gasteiger partial charge on any atom is -0.506 e. The molecule has 8 heteroatoms. The first-order chi connectivity index (χ1) is 9.74. The quantitative estimate of drug-likeness (QED) is 0.278. The largest absolute Gasteiger partial charge is 0.506 e. The zero-order valence-electron chi connectivity index (χ0n) is 11.1. The fourth-order valence-corrected chi connectivity index (χ4v) is 2.17. The van der Waals surface area contributed by atoms with Crippen molar-refractivity contribution in [3.63, 3.8) is 0 Å². The SMILES string of the molecule is Cc1ccc(S(=O)(=O)O)cc1.NNc1ccc(Br)cc1O. The van der Waals surface area contributed by atoms with Gasteiger partial charge in [-0.05, 0) is 37.3 Å². The second-order valence-electron chi connectivity index (χ2n) is 4.09. The Morgan fingerprint density at radius 2 is 1.71 bits per heavy atom. The summed E-state index contributed by atoms with van der Waals surface area (Å²) >= 11 is 3.20.